The Morgan fingerprint density at radius 1 is 1.16 bits per heavy atom. The molecule has 0 radical (unpaired) electrons. The summed E-state index contributed by atoms with van der Waals surface area (Å²) in [6, 6.07) is 15.6. The summed E-state index contributed by atoms with van der Waals surface area (Å²) in [6.07, 6.45) is -4.40. The lowest BCUT2D eigenvalue weighted by atomic mass is 9.97. The van der Waals surface area contributed by atoms with Crippen molar-refractivity contribution in [1.29, 1.82) is 0 Å². The van der Waals surface area contributed by atoms with Crippen molar-refractivity contribution in [3.8, 4) is 17.2 Å². The third kappa shape index (κ3) is 4.73. The number of benzene rings is 3. The van der Waals surface area contributed by atoms with E-state index in [9.17, 15) is 18.0 Å². The number of halogens is 3. The molecule has 38 heavy (non-hydrogen) atoms. The highest BCUT2D eigenvalue weighted by molar-refractivity contribution is 5.80. The van der Waals surface area contributed by atoms with Crippen molar-refractivity contribution in [2.24, 2.45) is 0 Å². The molecule has 0 aliphatic carbocycles. The van der Waals surface area contributed by atoms with Crippen molar-refractivity contribution in [2.45, 2.75) is 32.0 Å². The van der Waals surface area contributed by atoms with E-state index in [1.165, 1.54) is 20.3 Å². The molecule has 5 rings (SSSR count). The van der Waals surface area contributed by atoms with Gasteiger partial charge >= 0.3 is 12.1 Å². The summed E-state index contributed by atoms with van der Waals surface area (Å²) < 4.78 is 58.9. The molecule has 198 valence electrons. The van der Waals surface area contributed by atoms with Crippen molar-refractivity contribution in [2.75, 3.05) is 26.1 Å². The normalized spacial score (nSPS) is 14.7. The van der Waals surface area contributed by atoms with Gasteiger partial charge < -0.3 is 19.5 Å². The number of fused-ring (bicyclic) bond motifs is 2. The highest BCUT2D eigenvalue weighted by Gasteiger charge is 2.38. The van der Waals surface area contributed by atoms with Gasteiger partial charge in [0.15, 0.2) is 0 Å². The van der Waals surface area contributed by atoms with Crippen LogP contribution in [0, 0.1) is 6.92 Å². The Kier molecular flexibility index (Phi) is 6.64. The van der Waals surface area contributed by atoms with Gasteiger partial charge in [-0.25, -0.2) is 4.98 Å². The van der Waals surface area contributed by atoms with E-state index in [2.05, 4.69) is 10.3 Å². The molecule has 10 heteroatoms. The number of nitrogens with zero attached hydrogens (tertiary/aromatic N) is 2. The average molecular weight is 526 g/mol. The van der Waals surface area contributed by atoms with E-state index < -0.39 is 12.0 Å². The molecular formula is C28H26F3N3O4. The zero-order chi connectivity index (χ0) is 27.0. The minimum atomic E-state index is -4.65. The van der Waals surface area contributed by atoms with Gasteiger partial charge in [0.05, 0.1) is 44.0 Å². The number of rotatable bonds is 7. The first kappa shape index (κ1) is 25.4. The van der Waals surface area contributed by atoms with Crippen LogP contribution in [0.1, 0.15) is 34.9 Å². The Labute approximate surface area is 217 Å². The van der Waals surface area contributed by atoms with E-state index in [0.29, 0.717) is 41.4 Å². The number of anilines is 1. The second kappa shape index (κ2) is 9.92. The second-order valence-electron chi connectivity index (χ2n) is 9.08. The minimum absolute atomic E-state index is 0.0572. The SMILES string of the molecule is COC(=O)C[C@@H]1COc2cc(NCc3cccc(-n4c(C(F)(F)F)nc5cc(OC)ccc54)c3C)ccc21. The van der Waals surface area contributed by atoms with Gasteiger partial charge in [0.2, 0.25) is 5.82 Å². The Morgan fingerprint density at radius 3 is 2.71 bits per heavy atom. The summed E-state index contributed by atoms with van der Waals surface area (Å²) in [6.45, 7) is 2.58. The predicted octanol–water partition coefficient (Wildman–Crippen LogP) is 6.01. The maximum atomic E-state index is 14.0. The maximum Gasteiger partial charge on any atom is 0.450 e. The van der Waals surface area contributed by atoms with Gasteiger partial charge in [-0.15, -0.1) is 0 Å². The van der Waals surface area contributed by atoms with Gasteiger partial charge in [-0.3, -0.25) is 9.36 Å². The van der Waals surface area contributed by atoms with Gasteiger partial charge in [-0.05, 0) is 42.3 Å². The first-order valence-corrected chi connectivity index (χ1v) is 12.0. The lowest BCUT2D eigenvalue weighted by Gasteiger charge is -2.17. The van der Waals surface area contributed by atoms with Crippen LogP contribution >= 0.6 is 0 Å². The standard InChI is InChI=1S/C28H26F3N3O4/c1-16-17(14-32-19-7-9-21-18(11-26(35)37-3)15-38-25(21)12-19)5-4-6-23(16)34-24-10-8-20(36-2)13-22(24)33-27(34)28(29,30)31/h4-10,12-13,18,32H,11,14-15H2,1-3H3/t18-/m1/s1. The second-order valence-corrected chi connectivity index (χ2v) is 9.08. The third-order valence-corrected chi connectivity index (χ3v) is 6.79. The number of alkyl halides is 3. The Hall–Kier alpha value is -4.21. The molecule has 0 saturated heterocycles. The number of aromatic nitrogens is 2. The van der Waals surface area contributed by atoms with Gasteiger partial charge in [-0.2, -0.15) is 13.2 Å². The largest absolute Gasteiger partial charge is 0.497 e. The lowest BCUT2D eigenvalue weighted by molar-refractivity contribution is -0.145. The number of carbonyl (C=O) groups is 1. The van der Waals surface area contributed by atoms with Crippen molar-refractivity contribution in [3.05, 3.63) is 77.1 Å². The van der Waals surface area contributed by atoms with E-state index >= 15 is 0 Å². The summed E-state index contributed by atoms with van der Waals surface area (Å²) in [7, 11) is 2.82. The quantitative estimate of drug-likeness (QED) is 0.298. The molecule has 7 nitrogen and oxygen atoms in total. The van der Waals surface area contributed by atoms with Crippen molar-refractivity contribution < 1.29 is 32.2 Å². The zero-order valence-electron chi connectivity index (χ0n) is 21.1. The highest BCUT2D eigenvalue weighted by Crippen LogP contribution is 2.39. The fourth-order valence-corrected chi connectivity index (χ4v) is 4.76. The number of methoxy groups -OCH3 is 2. The van der Waals surface area contributed by atoms with E-state index in [1.807, 2.05) is 24.3 Å². The fourth-order valence-electron chi connectivity index (χ4n) is 4.76. The van der Waals surface area contributed by atoms with E-state index in [1.54, 1.807) is 31.2 Å². The van der Waals surface area contributed by atoms with Gasteiger partial charge in [-0.1, -0.05) is 18.2 Å². The number of imidazole rings is 1. The molecule has 0 fully saturated rings. The van der Waals surface area contributed by atoms with Crippen LogP contribution in [0.4, 0.5) is 18.9 Å². The van der Waals surface area contributed by atoms with E-state index in [4.69, 9.17) is 14.2 Å². The fraction of sp³-hybridized carbons (Fsp3) is 0.286. The molecule has 2 heterocycles. The summed E-state index contributed by atoms with van der Waals surface area (Å²) in [5.41, 5.74) is 4.19. The van der Waals surface area contributed by atoms with Crippen LogP contribution in [-0.4, -0.2) is 36.3 Å². The van der Waals surface area contributed by atoms with Crippen molar-refractivity contribution in [1.82, 2.24) is 9.55 Å². The van der Waals surface area contributed by atoms with Crippen LogP contribution in [0.3, 0.4) is 0 Å². The first-order valence-electron chi connectivity index (χ1n) is 12.0. The number of nitrogens with one attached hydrogen (secondary N) is 1. The molecule has 0 spiro atoms. The predicted molar refractivity (Wildman–Crippen MR) is 136 cm³/mol. The highest BCUT2D eigenvalue weighted by atomic mass is 19.4. The van der Waals surface area contributed by atoms with Crippen LogP contribution in [-0.2, 0) is 22.3 Å². The minimum Gasteiger partial charge on any atom is -0.497 e. The monoisotopic (exact) mass is 525 g/mol. The Balaban J connectivity index is 1.43. The molecule has 0 unspecified atom stereocenters. The zero-order valence-corrected chi connectivity index (χ0v) is 21.1. The Bertz CT molecular complexity index is 1510. The smallest absolute Gasteiger partial charge is 0.450 e. The molecule has 3 aromatic carbocycles. The molecule has 1 aromatic heterocycles. The molecule has 0 saturated carbocycles. The number of esters is 1. The number of hydrogen-bond donors (Lipinski definition) is 1. The first-order chi connectivity index (χ1) is 18.2. The Morgan fingerprint density at radius 2 is 1.97 bits per heavy atom. The topological polar surface area (TPSA) is 74.6 Å². The van der Waals surface area contributed by atoms with Crippen molar-refractivity contribution in [3.63, 3.8) is 0 Å². The molecule has 0 bridgehead atoms. The molecule has 1 aliphatic rings. The van der Waals surface area contributed by atoms with E-state index in [0.717, 1.165) is 21.4 Å². The summed E-state index contributed by atoms with van der Waals surface area (Å²) in [5, 5.41) is 3.33. The molecule has 4 aromatic rings. The maximum absolute atomic E-state index is 14.0. The molecule has 1 aliphatic heterocycles. The number of ether oxygens (including phenoxy) is 3. The molecule has 0 amide bonds. The number of carbonyl (C=O) groups excluding carboxylic acids is 1. The number of hydrogen-bond acceptors (Lipinski definition) is 6. The van der Waals surface area contributed by atoms with Gasteiger partial charge in [0.1, 0.15) is 11.5 Å². The summed E-state index contributed by atoms with van der Waals surface area (Å²) in [4.78, 5) is 15.6. The van der Waals surface area contributed by atoms with Crippen LogP contribution in [0.5, 0.6) is 11.5 Å². The molecular weight excluding hydrogens is 499 g/mol. The summed E-state index contributed by atoms with van der Waals surface area (Å²) in [5.74, 6) is -0.211. The lowest BCUT2D eigenvalue weighted by Crippen LogP contribution is -2.15. The third-order valence-electron chi connectivity index (χ3n) is 6.79. The van der Waals surface area contributed by atoms with Crippen LogP contribution in [0.25, 0.3) is 16.7 Å². The van der Waals surface area contributed by atoms with Crippen LogP contribution in [0.15, 0.2) is 54.6 Å². The van der Waals surface area contributed by atoms with Gasteiger partial charge in [0.25, 0.3) is 0 Å². The van der Waals surface area contributed by atoms with Gasteiger partial charge in [0, 0.05) is 35.8 Å². The summed E-state index contributed by atoms with van der Waals surface area (Å²) >= 11 is 0. The molecule has 1 N–H and O–H groups in total. The van der Waals surface area contributed by atoms with Crippen LogP contribution < -0.4 is 14.8 Å². The van der Waals surface area contributed by atoms with E-state index in [-0.39, 0.29) is 23.8 Å². The molecule has 1 atom stereocenters. The van der Waals surface area contributed by atoms with Crippen molar-refractivity contribution >= 4 is 22.7 Å². The average Bonchev–Trinajstić information content (AvgIpc) is 3.48. The van der Waals surface area contributed by atoms with Crippen LogP contribution in [0.2, 0.25) is 0 Å².